The molecular formula is C14H10Cl2O3. The molecule has 0 N–H and O–H groups in total. The summed E-state index contributed by atoms with van der Waals surface area (Å²) in [4.78, 5) is 11.5. The summed E-state index contributed by atoms with van der Waals surface area (Å²) in [5.74, 6) is 0.353. The molecular weight excluding hydrogens is 287 g/mol. The number of benzene rings is 2. The molecule has 0 radical (unpaired) electrons. The molecule has 19 heavy (non-hydrogen) atoms. The average molecular weight is 297 g/mol. The number of hydrogen-bond donors (Lipinski definition) is 0. The Kier molecular flexibility index (Phi) is 4.66. The van der Waals surface area contributed by atoms with E-state index in [4.69, 9.17) is 32.7 Å². The first-order chi connectivity index (χ1) is 9.15. The molecule has 0 bridgehead atoms. The summed E-state index contributed by atoms with van der Waals surface area (Å²) in [5, 5.41) is 0.851. The van der Waals surface area contributed by atoms with E-state index in [0.717, 1.165) is 0 Å². The van der Waals surface area contributed by atoms with Crippen LogP contribution in [0.25, 0.3) is 0 Å². The van der Waals surface area contributed by atoms with Gasteiger partial charge in [-0.15, -0.1) is 0 Å². The minimum Gasteiger partial charge on any atom is -0.480 e. The first-order valence-corrected chi connectivity index (χ1v) is 6.24. The van der Waals surface area contributed by atoms with Crippen LogP contribution in [-0.4, -0.2) is 12.6 Å². The Morgan fingerprint density at radius 1 is 1.05 bits per heavy atom. The Balaban J connectivity index is 1.90. The summed E-state index contributed by atoms with van der Waals surface area (Å²) >= 11 is 11.7. The molecule has 2 aromatic rings. The maximum Gasteiger partial charge on any atom is 0.349 e. The number of ether oxygens (including phenoxy) is 2. The highest BCUT2D eigenvalue weighted by Gasteiger charge is 2.08. The van der Waals surface area contributed by atoms with Crippen LogP contribution < -0.4 is 9.47 Å². The van der Waals surface area contributed by atoms with Crippen molar-refractivity contribution in [1.29, 1.82) is 0 Å². The fourth-order valence-corrected chi connectivity index (χ4v) is 1.84. The van der Waals surface area contributed by atoms with Gasteiger partial charge in [0.25, 0.3) is 0 Å². The summed E-state index contributed by atoms with van der Waals surface area (Å²) in [5.41, 5.74) is 0. The molecule has 0 spiro atoms. The maximum absolute atomic E-state index is 11.5. The Morgan fingerprint density at radius 3 is 2.47 bits per heavy atom. The average Bonchev–Trinajstić information content (AvgIpc) is 2.39. The van der Waals surface area contributed by atoms with Crippen molar-refractivity contribution >= 4 is 29.2 Å². The van der Waals surface area contributed by atoms with Crippen LogP contribution >= 0.6 is 23.2 Å². The van der Waals surface area contributed by atoms with E-state index >= 15 is 0 Å². The molecule has 2 aromatic carbocycles. The standard InChI is InChI=1S/C14H10Cl2O3/c15-10-6-7-13(12(16)8-10)18-9-14(17)19-11-4-2-1-3-5-11/h1-8H,9H2. The van der Waals surface area contributed by atoms with E-state index in [1.54, 1.807) is 42.5 Å². The smallest absolute Gasteiger partial charge is 0.349 e. The van der Waals surface area contributed by atoms with Crippen LogP contribution in [0.2, 0.25) is 10.0 Å². The number of esters is 1. The Labute approximate surface area is 120 Å². The predicted molar refractivity (Wildman–Crippen MR) is 74.0 cm³/mol. The second-order valence-corrected chi connectivity index (χ2v) is 4.49. The summed E-state index contributed by atoms with van der Waals surface area (Å²) in [7, 11) is 0. The van der Waals surface area contributed by atoms with Gasteiger partial charge >= 0.3 is 5.97 Å². The fraction of sp³-hybridized carbons (Fsp3) is 0.0714. The van der Waals surface area contributed by atoms with E-state index < -0.39 is 5.97 Å². The van der Waals surface area contributed by atoms with Crippen LogP contribution in [-0.2, 0) is 4.79 Å². The van der Waals surface area contributed by atoms with Crippen molar-refractivity contribution in [2.45, 2.75) is 0 Å². The maximum atomic E-state index is 11.5. The summed E-state index contributed by atoms with van der Waals surface area (Å²) < 4.78 is 10.3. The fourth-order valence-electron chi connectivity index (χ4n) is 1.38. The van der Waals surface area contributed by atoms with Crippen molar-refractivity contribution in [1.82, 2.24) is 0 Å². The van der Waals surface area contributed by atoms with Gasteiger partial charge in [0.05, 0.1) is 5.02 Å². The highest BCUT2D eigenvalue weighted by atomic mass is 35.5. The van der Waals surface area contributed by atoms with Gasteiger partial charge in [-0.25, -0.2) is 4.79 Å². The van der Waals surface area contributed by atoms with Gasteiger partial charge in [-0.2, -0.15) is 0 Å². The lowest BCUT2D eigenvalue weighted by atomic mass is 10.3. The molecule has 0 aromatic heterocycles. The van der Waals surface area contributed by atoms with Crippen molar-refractivity contribution in [2.24, 2.45) is 0 Å². The van der Waals surface area contributed by atoms with E-state index in [-0.39, 0.29) is 6.61 Å². The lowest BCUT2D eigenvalue weighted by molar-refractivity contribution is -0.136. The second-order valence-electron chi connectivity index (χ2n) is 3.65. The Bertz CT molecular complexity index is 570. The van der Waals surface area contributed by atoms with Crippen LogP contribution in [0.3, 0.4) is 0 Å². The summed E-state index contributed by atoms with van der Waals surface area (Å²) in [6, 6.07) is 13.5. The normalized spacial score (nSPS) is 10.0. The predicted octanol–water partition coefficient (Wildman–Crippen LogP) is 3.98. The zero-order chi connectivity index (χ0) is 13.7. The molecule has 0 unspecified atom stereocenters. The van der Waals surface area contributed by atoms with Crippen molar-refractivity contribution in [3.8, 4) is 11.5 Å². The largest absolute Gasteiger partial charge is 0.480 e. The molecule has 0 aliphatic rings. The van der Waals surface area contributed by atoms with Gasteiger partial charge < -0.3 is 9.47 Å². The van der Waals surface area contributed by atoms with Gasteiger partial charge in [0.1, 0.15) is 11.5 Å². The van der Waals surface area contributed by atoms with Crippen molar-refractivity contribution < 1.29 is 14.3 Å². The van der Waals surface area contributed by atoms with Gasteiger partial charge in [0.15, 0.2) is 6.61 Å². The third-order valence-corrected chi connectivity index (χ3v) is 2.74. The lowest BCUT2D eigenvalue weighted by Gasteiger charge is -2.08. The van der Waals surface area contributed by atoms with Crippen molar-refractivity contribution in [3.05, 3.63) is 58.6 Å². The zero-order valence-electron chi connectivity index (χ0n) is 9.81. The number of para-hydroxylation sites is 1. The monoisotopic (exact) mass is 296 g/mol. The topological polar surface area (TPSA) is 35.5 Å². The molecule has 0 heterocycles. The van der Waals surface area contributed by atoms with Crippen molar-refractivity contribution in [2.75, 3.05) is 6.61 Å². The number of halogens is 2. The summed E-state index contributed by atoms with van der Waals surface area (Å²) in [6.45, 7) is -0.226. The highest BCUT2D eigenvalue weighted by molar-refractivity contribution is 6.35. The van der Waals surface area contributed by atoms with Gasteiger partial charge in [0.2, 0.25) is 0 Å². The van der Waals surface area contributed by atoms with Crippen LogP contribution in [0.5, 0.6) is 11.5 Å². The quantitative estimate of drug-likeness (QED) is 0.632. The van der Waals surface area contributed by atoms with Crippen LogP contribution in [0.15, 0.2) is 48.5 Å². The van der Waals surface area contributed by atoms with E-state index in [0.29, 0.717) is 21.5 Å². The number of carbonyl (C=O) groups excluding carboxylic acids is 1. The molecule has 98 valence electrons. The molecule has 5 heteroatoms. The molecule has 2 rings (SSSR count). The van der Waals surface area contributed by atoms with E-state index in [9.17, 15) is 4.79 Å². The molecule has 0 amide bonds. The molecule has 3 nitrogen and oxygen atoms in total. The number of hydrogen-bond acceptors (Lipinski definition) is 3. The minimum absolute atomic E-state index is 0.226. The van der Waals surface area contributed by atoms with E-state index in [1.165, 1.54) is 0 Å². The highest BCUT2D eigenvalue weighted by Crippen LogP contribution is 2.27. The first kappa shape index (κ1) is 13.7. The van der Waals surface area contributed by atoms with Gasteiger partial charge in [-0.05, 0) is 30.3 Å². The molecule has 0 aliphatic carbocycles. The second kappa shape index (κ2) is 6.45. The van der Waals surface area contributed by atoms with Gasteiger partial charge in [-0.1, -0.05) is 41.4 Å². The minimum atomic E-state index is -0.503. The molecule has 0 saturated carbocycles. The van der Waals surface area contributed by atoms with Crippen LogP contribution in [0.1, 0.15) is 0 Å². The number of carbonyl (C=O) groups is 1. The molecule has 0 fully saturated rings. The third kappa shape index (κ3) is 4.16. The van der Waals surface area contributed by atoms with E-state index in [2.05, 4.69) is 0 Å². The first-order valence-electron chi connectivity index (χ1n) is 5.49. The third-order valence-electron chi connectivity index (χ3n) is 2.21. The van der Waals surface area contributed by atoms with Crippen LogP contribution in [0.4, 0.5) is 0 Å². The van der Waals surface area contributed by atoms with Crippen LogP contribution in [0, 0.1) is 0 Å². The van der Waals surface area contributed by atoms with E-state index in [1.807, 2.05) is 6.07 Å². The molecule has 0 saturated heterocycles. The lowest BCUT2D eigenvalue weighted by Crippen LogP contribution is -2.17. The summed E-state index contributed by atoms with van der Waals surface area (Å²) in [6.07, 6.45) is 0. The zero-order valence-corrected chi connectivity index (χ0v) is 11.3. The Hall–Kier alpha value is -1.71. The Morgan fingerprint density at radius 2 is 1.79 bits per heavy atom. The molecule has 0 atom stereocenters. The SMILES string of the molecule is O=C(COc1ccc(Cl)cc1Cl)Oc1ccccc1. The van der Waals surface area contributed by atoms with Gasteiger partial charge in [0, 0.05) is 5.02 Å². The van der Waals surface area contributed by atoms with Crippen molar-refractivity contribution in [3.63, 3.8) is 0 Å². The molecule has 0 aliphatic heterocycles. The number of rotatable bonds is 4. The van der Waals surface area contributed by atoms with Gasteiger partial charge in [-0.3, -0.25) is 0 Å².